The molecule has 7 heteroatoms. The van der Waals surface area contributed by atoms with Gasteiger partial charge in [-0.3, -0.25) is 9.59 Å². The van der Waals surface area contributed by atoms with E-state index in [2.05, 4.69) is 5.32 Å². The first-order valence-electron chi connectivity index (χ1n) is 9.13. The van der Waals surface area contributed by atoms with Crippen molar-refractivity contribution in [2.45, 2.75) is 30.7 Å². The van der Waals surface area contributed by atoms with Crippen LogP contribution in [0.2, 0.25) is 0 Å². The Balaban J connectivity index is 1.38. The number of furan rings is 1. The van der Waals surface area contributed by atoms with Crippen LogP contribution in [0.4, 0.5) is 0 Å². The van der Waals surface area contributed by atoms with Gasteiger partial charge in [0.2, 0.25) is 5.91 Å². The van der Waals surface area contributed by atoms with Crippen molar-refractivity contribution in [3.8, 4) is 5.75 Å². The minimum absolute atomic E-state index is 0.0182. The summed E-state index contributed by atoms with van der Waals surface area (Å²) in [6, 6.07) is 11.2. The highest BCUT2D eigenvalue weighted by Gasteiger charge is 2.25. The van der Waals surface area contributed by atoms with E-state index in [1.807, 2.05) is 31.2 Å². The average Bonchev–Trinajstić information content (AvgIpc) is 3.23. The topological polar surface area (TPSA) is 71.8 Å². The van der Waals surface area contributed by atoms with Crippen LogP contribution in [0, 0.1) is 0 Å². The van der Waals surface area contributed by atoms with Gasteiger partial charge in [0.15, 0.2) is 5.76 Å². The SMILES string of the molecule is CCOc1ccc(SCC(=O)NC2CCN(C(=O)c3ccco3)CC2)cc1. The highest BCUT2D eigenvalue weighted by Crippen LogP contribution is 2.21. The molecule has 3 rings (SSSR count). The lowest BCUT2D eigenvalue weighted by molar-refractivity contribution is -0.119. The highest BCUT2D eigenvalue weighted by atomic mass is 32.2. The lowest BCUT2D eigenvalue weighted by atomic mass is 10.0. The maximum absolute atomic E-state index is 12.2. The van der Waals surface area contributed by atoms with Crippen molar-refractivity contribution < 1.29 is 18.7 Å². The van der Waals surface area contributed by atoms with Crippen LogP contribution in [0.3, 0.4) is 0 Å². The molecule has 2 aromatic rings. The summed E-state index contributed by atoms with van der Waals surface area (Å²) in [5.74, 6) is 1.51. The first-order valence-corrected chi connectivity index (χ1v) is 10.1. The van der Waals surface area contributed by atoms with E-state index in [0.717, 1.165) is 23.5 Å². The van der Waals surface area contributed by atoms with E-state index in [-0.39, 0.29) is 17.9 Å². The molecule has 0 aliphatic carbocycles. The molecule has 2 amide bonds. The van der Waals surface area contributed by atoms with Crippen LogP contribution in [0.15, 0.2) is 52.0 Å². The Morgan fingerprint density at radius 3 is 2.59 bits per heavy atom. The second-order valence-corrected chi connectivity index (χ2v) is 7.35. The Hall–Kier alpha value is -2.41. The van der Waals surface area contributed by atoms with E-state index in [4.69, 9.17) is 9.15 Å². The van der Waals surface area contributed by atoms with E-state index in [0.29, 0.717) is 31.2 Å². The van der Waals surface area contributed by atoms with Gasteiger partial charge in [0.05, 0.1) is 18.6 Å². The van der Waals surface area contributed by atoms with Crippen molar-refractivity contribution in [2.24, 2.45) is 0 Å². The van der Waals surface area contributed by atoms with E-state index >= 15 is 0 Å². The second-order valence-electron chi connectivity index (χ2n) is 6.30. The summed E-state index contributed by atoms with van der Waals surface area (Å²) < 4.78 is 10.6. The molecule has 1 saturated heterocycles. The average molecular weight is 388 g/mol. The number of likely N-dealkylation sites (tertiary alicyclic amines) is 1. The number of ether oxygens (including phenoxy) is 1. The summed E-state index contributed by atoms with van der Waals surface area (Å²) in [7, 11) is 0. The van der Waals surface area contributed by atoms with Crippen molar-refractivity contribution >= 4 is 23.6 Å². The largest absolute Gasteiger partial charge is 0.494 e. The van der Waals surface area contributed by atoms with Crippen LogP contribution >= 0.6 is 11.8 Å². The minimum Gasteiger partial charge on any atom is -0.494 e. The number of amides is 2. The van der Waals surface area contributed by atoms with E-state index in [1.165, 1.54) is 18.0 Å². The van der Waals surface area contributed by atoms with Crippen molar-refractivity contribution in [3.05, 3.63) is 48.4 Å². The van der Waals surface area contributed by atoms with Crippen molar-refractivity contribution in [1.29, 1.82) is 0 Å². The number of rotatable bonds is 7. The predicted octanol–water partition coefficient (Wildman–Crippen LogP) is 3.19. The second kappa shape index (κ2) is 9.50. The highest BCUT2D eigenvalue weighted by molar-refractivity contribution is 8.00. The molecule has 1 N–H and O–H groups in total. The van der Waals surface area contributed by atoms with Crippen LogP contribution in [0.1, 0.15) is 30.3 Å². The fourth-order valence-corrected chi connectivity index (χ4v) is 3.71. The molecule has 6 nitrogen and oxygen atoms in total. The number of hydrogen-bond donors (Lipinski definition) is 1. The third-order valence-corrected chi connectivity index (χ3v) is 5.40. The summed E-state index contributed by atoms with van der Waals surface area (Å²) in [5, 5.41) is 3.07. The van der Waals surface area contributed by atoms with Gasteiger partial charge in [0.25, 0.3) is 5.91 Å². The van der Waals surface area contributed by atoms with E-state index in [1.54, 1.807) is 17.0 Å². The molecule has 1 aliphatic heterocycles. The Labute approximate surface area is 163 Å². The quantitative estimate of drug-likeness (QED) is 0.738. The number of nitrogens with zero attached hydrogens (tertiary/aromatic N) is 1. The Bertz CT molecular complexity index is 738. The fraction of sp³-hybridized carbons (Fsp3) is 0.400. The van der Waals surface area contributed by atoms with Gasteiger partial charge in [0.1, 0.15) is 5.75 Å². The minimum atomic E-state index is -0.0872. The maximum atomic E-state index is 12.2. The van der Waals surface area contributed by atoms with Gasteiger partial charge in [-0.2, -0.15) is 0 Å². The molecule has 1 aromatic heterocycles. The van der Waals surface area contributed by atoms with Crippen molar-refractivity contribution in [1.82, 2.24) is 10.2 Å². The van der Waals surface area contributed by atoms with Gasteiger partial charge < -0.3 is 19.4 Å². The smallest absolute Gasteiger partial charge is 0.289 e. The van der Waals surface area contributed by atoms with E-state index in [9.17, 15) is 9.59 Å². The zero-order valence-electron chi connectivity index (χ0n) is 15.3. The summed E-state index contributed by atoms with van der Waals surface area (Å²) in [4.78, 5) is 27.3. The molecule has 0 bridgehead atoms. The van der Waals surface area contributed by atoms with Gasteiger partial charge in [-0.05, 0) is 56.2 Å². The van der Waals surface area contributed by atoms with Crippen LogP contribution in [-0.2, 0) is 4.79 Å². The molecule has 1 fully saturated rings. The van der Waals surface area contributed by atoms with Crippen molar-refractivity contribution in [2.75, 3.05) is 25.4 Å². The molecule has 144 valence electrons. The molecule has 0 spiro atoms. The van der Waals surface area contributed by atoms with Crippen LogP contribution in [0.5, 0.6) is 5.75 Å². The maximum Gasteiger partial charge on any atom is 0.289 e. The molecule has 0 saturated carbocycles. The number of thioether (sulfide) groups is 1. The first kappa shape index (κ1) is 19.4. The molecular weight excluding hydrogens is 364 g/mol. The summed E-state index contributed by atoms with van der Waals surface area (Å²) in [6.07, 6.45) is 3.01. The summed E-state index contributed by atoms with van der Waals surface area (Å²) >= 11 is 1.50. The first-order chi connectivity index (χ1) is 13.2. The van der Waals surface area contributed by atoms with Gasteiger partial charge in [-0.15, -0.1) is 11.8 Å². The van der Waals surface area contributed by atoms with Gasteiger partial charge in [0, 0.05) is 24.0 Å². The van der Waals surface area contributed by atoms with Gasteiger partial charge >= 0.3 is 0 Å². The number of hydrogen-bond acceptors (Lipinski definition) is 5. The number of nitrogens with one attached hydrogen (secondary N) is 1. The Morgan fingerprint density at radius 1 is 1.22 bits per heavy atom. The van der Waals surface area contributed by atoms with E-state index < -0.39 is 0 Å². The molecular formula is C20H24N2O4S. The molecule has 27 heavy (non-hydrogen) atoms. The van der Waals surface area contributed by atoms with Gasteiger partial charge in [-0.1, -0.05) is 0 Å². The molecule has 0 radical (unpaired) electrons. The van der Waals surface area contributed by atoms with Gasteiger partial charge in [-0.25, -0.2) is 0 Å². The Kier molecular flexibility index (Phi) is 6.81. The summed E-state index contributed by atoms with van der Waals surface area (Å²) in [5.41, 5.74) is 0. The standard InChI is InChI=1S/C20H24N2O4S/c1-2-25-16-5-7-17(8-6-16)27-14-19(23)21-15-9-11-22(12-10-15)20(24)18-4-3-13-26-18/h3-8,13,15H,2,9-12,14H2,1H3,(H,21,23). The van der Waals surface area contributed by atoms with Crippen LogP contribution in [-0.4, -0.2) is 48.2 Å². The lowest BCUT2D eigenvalue weighted by Gasteiger charge is -2.31. The van der Waals surface area contributed by atoms with Crippen molar-refractivity contribution in [3.63, 3.8) is 0 Å². The number of benzene rings is 1. The Morgan fingerprint density at radius 2 is 1.96 bits per heavy atom. The molecule has 2 heterocycles. The monoisotopic (exact) mass is 388 g/mol. The zero-order valence-corrected chi connectivity index (χ0v) is 16.2. The third kappa shape index (κ3) is 5.53. The fourth-order valence-electron chi connectivity index (χ4n) is 3.00. The molecule has 0 atom stereocenters. The molecule has 1 aromatic carbocycles. The van der Waals surface area contributed by atoms with Crippen LogP contribution < -0.4 is 10.1 Å². The number of piperidine rings is 1. The normalized spacial score (nSPS) is 14.8. The number of carbonyl (C=O) groups excluding carboxylic acids is 2. The van der Waals surface area contributed by atoms with Crippen LogP contribution in [0.25, 0.3) is 0 Å². The zero-order chi connectivity index (χ0) is 19.1. The molecule has 0 unspecified atom stereocenters. The number of carbonyl (C=O) groups is 2. The lowest BCUT2D eigenvalue weighted by Crippen LogP contribution is -2.46. The predicted molar refractivity (Wildman–Crippen MR) is 104 cm³/mol. The molecule has 1 aliphatic rings. The third-order valence-electron chi connectivity index (χ3n) is 4.38. The summed E-state index contributed by atoms with van der Waals surface area (Å²) in [6.45, 7) is 3.83.